The van der Waals surface area contributed by atoms with Crippen LogP contribution in [0.2, 0.25) is 0 Å². The van der Waals surface area contributed by atoms with E-state index < -0.39 is 35.2 Å². The van der Waals surface area contributed by atoms with Gasteiger partial charge in [0.15, 0.2) is 0 Å². The van der Waals surface area contributed by atoms with Crippen LogP contribution in [0.25, 0.3) is 10.1 Å². The third kappa shape index (κ3) is 10.3. The number of amides is 4. The Labute approximate surface area is 270 Å². The minimum atomic E-state index is -0.903. The van der Waals surface area contributed by atoms with Crippen molar-refractivity contribution < 1.29 is 28.7 Å². The van der Waals surface area contributed by atoms with Crippen LogP contribution in [-0.4, -0.2) is 91.2 Å². The van der Waals surface area contributed by atoms with E-state index in [4.69, 9.17) is 9.47 Å². The number of carbonyl (C=O) groups excluding carboxylic acids is 4. The number of hydrogen-bond donors (Lipinski definition) is 2. The molecule has 1 aromatic heterocycles. The summed E-state index contributed by atoms with van der Waals surface area (Å²) in [6, 6.07) is 15.7. The third-order valence-electron chi connectivity index (χ3n) is 7.28. The number of carbonyl (C=O) groups is 4. The smallest absolute Gasteiger partial charge is 0.408 e. The van der Waals surface area contributed by atoms with E-state index in [1.54, 1.807) is 67.1 Å². The van der Waals surface area contributed by atoms with Crippen LogP contribution in [0.5, 0.6) is 0 Å². The predicted octanol–water partition coefficient (Wildman–Crippen LogP) is 4.41. The van der Waals surface area contributed by atoms with Crippen LogP contribution in [0, 0.1) is 0 Å². The summed E-state index contributed by atoms with van der Waals surface area (Å²) in [5.41, 5.74) is 0.376. The number of ether oxygens (including phenoxy) is 2. The summed E-state index contributed by atoms with van der Waals surface area (Å²) >= 11 is 1.58. The maximum absolute atomic E-state index is 14.2. The van der Waals surface area contributed by atoms with E-state index in [1.807, 2.05) is 60.0 Å². The van der Waals surface area contributed by atoms with E-state index in [2.05, 4.69) is 10.6 Å². The van der Waals surface area contributed by atoms with Gasteiger partial charge in [-0.2, -0.15) is 0 Å². The molecule has 1 heterocycles. The summed E-state index contributed by atoms with van der Waals surface area (Å²) in [5, 5.41) is 8.46. The van der Waals surface area contributed by atoms with Crippen LogP contribution in [0.15, 0.2) is 60.0 Å². The molecule has 0 aliphatic rings. The Morgan fingerprint density at radius 2 is 1.51 bits per heavy atom. The van der Waals surface area contributed by atoms with E-state index >= 15 is 0 Å². The summed E-state index contributed by atoms with van der Waals surface area (Å²) < 4.78 is 12.2. The van der Waals surface area contributed by atoms with Gasteiger partial charge in [-0.05, 0) is 62.6 Å². The second-order valence-corrected chi connectivity index (χ2v) is 13.7. The molecule has 4 amide bonds. The van der Waals surface area contributed by atoms with Gasteiger partial charge >= 0.3 is 6.09 Å². The van der Waals surface area contributed by atoms with Crippen LogP contribution in [0.1, 0.15) is 45.7 Å². The Balaban J connectivity index is 1.80. The molecule has 3 rings (SSSR count). The fourth-order valence-corrected chi connectivity index (χ4v) is 5.85. The van der Waals surface area contributed by atoms with Gasteiger partial charge in [-0.1, -0.05) is 48.5 Å². The van der Waals surface area contributed by atoms with Gasteiger partial charge in [0.2, 0.25) is 17.7 Å². The molecule has 2 N–H and O–H groups in total. The minimum Gasteiger partial charge on any atom is -0.444 e. The molecule has 11 heteroatoms. The van der Waals surface area contributed by atoms with Crippen LogP contribution in [0.4, 0.5) is 4.79 Å². The van der Waals surface area contributed by atoms with Crippen molar-refractivity contribution in [2.24, 2.45) is 0 Å². The highest BCUT2D eigenvalue weighted by atomic mass is 32.1. The number of benzene rings is 2. The zero-order valence-electron chi connectivity index (χ0n) is 27.5. The van der Waals surface area contributed by atoms with Crippen molar-refractivity contribution in [1.82, 2.24) is 20.4 Å². The van der Waals surface area contributed by atoms with Crippen LogP contribution in [-0.2, 0) is 36.7 Å². The van der Waals surface area contributed by atoms with Gasteiger partial charge in [0, 0.05) is 38.7 Å². The first-order valence-corrected chi connectivity index (χ1v) is 15.8. The van der Waals surface area contributed by atoms with Gasteiger partial charge in [-0.15, -0.1) is 11.3 Å². The Hall–Kier alpha value is -3.96. The second-order valence-electron chi connectivity index (χ2n) is 12.8. The zero-order valence-corrected chi connectivity index (χ0v) is 28.3. The molecule has 0 radical (unpaired) electrons. The van der Waals surface area contributed by atoms with E-state index in [-0.39, 0.29) is 31.4 Å². The first-order chi connectivity index (χ1) is 21.1. The lowest BCUT2D eigenvalue weighted by molar-refractivity contribution is -0.149. The predicted molar refractivity (Wildman–Crippen MR) is 177 cm³/mol. The number of alkyl carbamates (subject to hydrolysis) is 1. The molecule has 45 heavy (non-hydrogen) atoms. The van der Waals surface area contributed by atoms with Crippen molar-refractivity contribution in [2.75, 3.05) is 34.4 Å². The van der Waals surface area contributed by atoms with Crippen molar-refractivity contribution >= 4 is 45.2 Å². The largest absolute Gasteiger partial charge is 0.444 e. The second kappa shape index (κ2) is 15.4. The van der Waals surface area contributed by atoms with Crippen LogP contribution in [0.3, 0.4) is 0 Å². The lowest BCUT2D eigenvalue weighted by atomic mass is 10.00. The van der Waals surface area contributed by atoms with Gasteiger partial charge in [0.25, 0.3) is 0 Å². The highest BCUT2D eigenvalue weighted by Gasteiger charge is 2.35. The van der Waals surface area contributed by atoms with E-state index in [0.717, 1.165) is 21.2 Å². The number of rotatable bonds is 13. The zero-order chi connectivity index (χ0) is 33.4. The molecule has 0 saturated carbocycles. The van der Waals surface area contributed by atoms with Crippen molar-refractivity contribution in [2.45, 2.75) is 70.7 Å². The Kier molecular flexibility index (Phi) is 12.1. The minimum absolute atomic E-state index is 0.0370. The van der Waals surface area contributed by atoms with Gasteiger partial charge in [0.05, 0.1) is 12.1 Å². The van der Waals surface area contributed by atoms with Gasteiger partial charge < -0.3 is 29.9 Å². The average molecular weight is 639 g/mol. The molecule has 0 bridgehead atoms. The molecule has 244 valence electrons. The van der Waals surface area contributed by atoms with Crippen molar-refractivity contribution in [3.63, 3.8) is 0 Å². The van der Waals surface area contributed by atoms with Gasteiger partial charge in [-0.3, -0.25) is 14.4 Å². The van der Waals surface area contributed by atoms with E-state index in [1.165, 1.54) is 9.80 Å². The lowest BCUT2D eigenvalue weighted by Gasteiger charge is -2.34. The van der Waals surface area contributed by atoms with Gasteiger partial charge in [0.1, 0.15) is 24.3 Å². The SMILES string of the molecule is CNC(=O)[C@@H](Cc1ccccc1)N(C)C(=O)[C@@H](Cc1csc2ccccc12)N(C)C(=O)COCC(C)(C)NC(=O)OC(C)(C)C. The number of nitrogens with zero attached hydrogens (tertiary/aromatic N) is 2. The molecule has 0 aliphatic heterocycles. The summed E-state index contributed by atoms with van der Waals surface area (Å²) in [6.07, 6.45) is -0.0120. The molecule has 3 aromatic rings. The number of thiophene rings is 1. The Morgan fingerprint density at radius 1 is 0.867 bits per heavy atom. The van der Waals surface area contributed by atoms with Crippen molar-refractivity contribution in [1.29, 1.82) is 0 Å². The Morgan fingerprint density at radius 3 is 2.16 bits per heavy atom. The van der Waals surface area contributed by atoms with E-state index in [0.29, 0.717) is 6.42 Å². The maximum atomic E-state index is 14.2. The first kappa shape index (κ1) is 35.5. The highest BCUT2D eigenvalue weighted by molar-refractivity contribution is 7.17. The average Bonchev–Trinajstić information content (AvgIpc) is 3.39. The normalized spacial score (nSPS) is 13.1. The van der Waals surface area contributed by atoms with Crippen LogP contribution >= 0.6 is 11.3 Å². The van der Waals surface area contributed by atoms with Crippen molar-refractivity contribution in [3.8, 4) is 0 Å². The summed E-state index contributed by atoms with van der Waals surface area (Å²) in [4.78, 5) is 55.8. The quantitative estimate of drug-likeness (QED) is 0.287. The van der Waals surface area contributed by atoms with Crippen molar-refractivity contribution in [3.05, 3.63) is 71.1 Å². The first-order valence-electron chi connectivity index (χ1n) is 14.9. The Bertz CT molecular complexity index is 1470. The fourth-order valence-electron chi connectivity index (χ4n) is 4.87. The maximum Gasteiger partial charge on any atom is 0.408 e. The topological polar surface area (TPSA) is 117 Å². The molecule has 0 fully saturated rings. The number of fused-ring (bicyclic) bond motifs is 1. The highest BCUT2D eigenvalue weighted by Crippen LogP contribution is 2.28. The molecular formula is C34H46N4O6S. The molecule has 0 spiro atoms. The van der Waals surface area contributed by atoms with E-state index in [9.17, 15) is 19.2 Å². The number of nitrogens with one attached hydrogen (secondary N) is 2. The monoisotopic (exact) mass is 638 g/mol. The molecule has 0 unspecified atom stereocenters. The molecule has 10 nitrogen and oxygen atoms in total. The molecule has 2 atom stereocenters. The molecule has 0 aliphatic carbocycles. The fraction of sp³-hybridized carbons (Fsp3) is 0.471. The van der Waals surface area contributed by atoms with Gasteiger partial charge in [-0.25, -0.2) is 4.79 Å². The lowest BCUT2D eigenvalue weighted by Crippen LogP contribution is -2.56. The third-order valence-corrected chi connectivity index (χ3v) is 8.30. The number of likely N-dealkylation sites (N-methyl/N-ethyl adjacent to an activating group) is 3. The summed E-state index contributed by atoms with van der Waals surface area (Å²) in [6.45, 7) is 8.58. The standard InChI is InChI=1S/C34H46N4O6S/c1-33(2,3)44-32(42)36-34(4,5)22-43-20-29(39)37(7)27(19-24-21-45-28-17-13-12-16-25(24)28)31(41)38(8)26(30(40)35-6)18-23-14-10-9-11-15-23/h9-17,21,26-27H,18-20,22H2,1-8H3,(H,35,40)(H,36,42)/t26-,27-/m1/s1. The van der Waals surface area contributed by atoms with Crippen LogP contribution < -0.4 is 10.6 Å². The molecule has 0 saturated heterocycles. The number of hydrogen-bond acceptors (Lipinski definition) is 7. The molecule has 2 aromatic carbocycles. The summed E-state index contributed by atoms with van der Waals surface area (Å²) in [5.74, 6) is -1.07. The molecular weight excluding hydrogens is 592 g/mol. The summed E-state index contributed by atoms with van der Waals surface area (Å²) in [7, 11) is 4.72.